The summed E-state index contributed by atoms with van der Waals surface area (Å²) in [6.07, 6.45) is 0. The van der Waals surface area contributed by atoms with Crippen LogP contribution in [0.5, 0.6) is 11.5 Å². The van der Waals surface area contributed by atoms with Gasteiger partial charge in [0.05, 0.1) is 20.3 Å². The third-order valence-corrected chi connectivity index (χ3v) is 4.75. The van der Waals surface area contributed by atoms with E-state index in [0.29, 0.717) is 30.6 Å². The lowest BCUT2D eigenvalue weighted by atomic mass is 10.2. The second-order valence-corrected chi connectivity index (χ2v) is 6.54. The first-order valence-corrected chi connectivity index (χ1v) is 9.45. The SMILES string of the molecule is CCOc1cc(CN=C(N)N2CCN(c3ccc(F)cc3)CC2)ccc1OC. The van der Waals surface area contributed by atoms with Gasteiger partial charge in [-0.05, 0) is 48.9 Å². The average Bonchev–Trinajstić information content (AvgIpc) is 2.73. The maximum atomic E-state index is 13.1. The van der Waals surface area contributed by atoms with Gasteiger partial charge in [0.25, 0.3) is 0 Å². The number of aliphatic imine (C=N–C) groups is 1. The summed E-state index contributed by atoms with van der Waals surface area (Å²) in [5.41, 5.74) is 8.24. The topological polar surface area (TPSA) is 63.3 Å². The summed E-state index contributed by atoms with van der Waals surface area (Å²) >= 11 is 0. The maximum absolute atomic E-state index is 13.1. The summed E-state index contributed by atoms with van der Waals surface area (Å²) in [7, 11) is 1.62. The minimum Gasteiger partial charge on any atom is -0.493 e. The molecule has 0 atom stereocenters. The first-order valence-electron chi connectivity index (χ1n) is 9.45. The Morgan fingerprint density at radius 3 is 2.43 bits per heavy atom. The smallest absolute Gasteiger partial charge is 0.191 e. The predicted molar refractivity (Wildman–Crippen MR) is 110 cm³/mol. The molecule has 1 aliphatic rings. The number of benzene rings is 2. The van der Waals surface area contributed by atoms with E-state index in [1.807, 2.05) is 37.3 Å². The van der Waals surface area contributed by atoms with Crippen molar-refractivity contribution in [3.63, 3.8) is 0 Å². The van der Waals surface area contributed by atoms with E-state index in [9.17, 15) is 4.39 Å². The Kier molecular flexibility index (Phi) is 6.57. The van der Waals surface area contributed by atoms with Gasteiger partial charge < -0.3 is 25.0 Å². The van der Waals surface area contributed by atoms with E-state index < -0.39 is 0 Å². The molecule has 0 aliphatic carbocycles. The van der Waals surface area contributed by atoms with Crippen LogP contribution < -0.4 is 20.1 Å². The Balaban J connectivity index is 1.57. The van der Waals surface area contributed by atoms with Crippen LogP contribution in [-0.4, -0.2) is 50.8 Å². The Labute approximate surface area is 165 Å². The number of hydrogen-bond donors (Lipinski definition) is 1. The third kappa shape index (κ3) is 4.85. The molecule has 7 heteroatoms. The molecule has 0 amide bonds. The number of rotatable bonds is 6. The minimum atomic E-state index is -0.218. The molecule has 3 rings (SSSR count). The van der Waals surface area contributed by atoms with Gasteiger partial charge >= 0.3 is 0 Å². The Bertz CT molecular complexity index is 803. The normalized spacial score (nSPS) is 14.9. The van der Waals surface area contributed by atoms with Gasteiger partial charge in [-0.2, -0.15) is 0 Å². The Morgan fingerprint density at radius 1 is 1.07 bits per heavy atom. The number of halogens is 1. The molecule has 0 unspecified atom stereocenters. The van der Waals surface area contributed by atoms with E-state index >= 15 is 0 Å². The second kappa shape index (κ2) is 9.30. The summed E-state index contributed by atoms with van der Waals surface area (Å²) < 4.78 is 24.0. The van der Waals surface area contributed by atoms with Gasteiger partial charge in [0.15, 0.2) is 17.5 Å². The standard InChI is InChI=1S/C21H27FN4O2/c1-3-28-20-14-16(4-9-19(20)27-2)15-24-21(23)26-12-10-25(11-13-26)18-7-5-17(22)6-8-18/h4-9,14H,3,10-13,15H2,1-2H3,(H2,23,24). The molecule has 1 fully saturated rings. The summed E-state index contributed by atoms with van der Waals surface area (Å²) in [5, 5.41) is 0. The van der Waals surface area contributed by atoms with Crippen LogP contribution in [0.3, 0.4) is 0 Å². The second-order valence-electron chi connectivity index (χ2n) is 6.54. The molecule has 2 N–H and O–H groups in total. The number of ether oxygens (including phenoxy) is 2. The van der Waals surface area contributed by atoms with E-state index in [1.165, 1.54) is 12.1 Å². The highest BCUT2D eigenvalue weighted by molar-refractivity contribution is 5.78. The molecule has 2 aromatic rings. The van der Waals surface area contributed by atoms with E-state index in [2.05, 4.69) is 14.8 Å². The minimum absolute atomic E-state index is 0.218. The molecule has 0 aromatic heterocycles. The van der Waals surface area contributed by atoms with E-state index in [0.717, 1.165) is 37.4 Å². The van der Waals surface area contributed by atoms with Crippen LogP contribution >= 0.6 is 0 Å². The number of hydrogen-bond acceptors (Lipinski definition) is 4. The number of methoxy groups -OCH3 is 1. The number of nitrogens with two attached hydrogens (primary N) is 1. The van der Waals surface area contributed by atoms with Crippen LogP contribution in [0.15, 0.2) is 47.5 Å². The molecular weight excluding hydrogens is 359 g/mol. The van der Waals surface area contributed by atoms with Crippen molar-refractivity contribution in [1.82, 2.24) is 4.90 Å². The first kappa shape index (κ1) is 19.8. The van der Waals surface area contributed by atoms with Crippen molar-refractivity contribution in [2.24, 2.45) is 10.7 Å². The van der Waals surface area contributed by atoms with Crippen molar-refractivity contribution in [1.29, 1.82) is 0 Å². The summed E-state index contributed by atoms with van der Waals surface area (Å²) in [6.45, 7) is 6.18. The van der Waals surface area contributed by atoms with Crippen LogP contribution in [0.25, 0.3) is 0 Å². The lowest BCUT2D eigenvalue weighted by Crippen LogP contribution is -2.51. The maximum Gasteiger partial charge on any atom is 0.191 e. The van der Waals surface area contributed by atoms with Gasteiger partial charge in [-0.15, -0.1) is 0 Å². The van der Waals surface area contributed by atoms with Crippen molar-refractivity contribution in [2.45, 2.75) is 13.5 Å². The van der Waals surface area contributed by atoms with Gasteiger partial charge in [-0.1, -0.05) is 6.07 Å². The number of guanidine groups is 1. The monoisotopic (exact) mass is 386 g/mol. The Hall–Kier alpha value is -2.96. The molecule has 1 aliphatic heterocycles. The zero-order valence-electron chi connectivity index (χ0n) is 16.4. The van der Waals surface area contributed by atoms with Crippen molar-refractivity contribution in [2.75, 3.05) is 44.8 Å². The van der Waals surface area contributed by atoms with Gasteiger partial charge in [0.2, 0.25) is 0 Å². The van der Waals surface area contributed by atoms with Crippen molar-refractivity contribution in [3.05, 3.63) is 53.8 Å². The van der Waals surface area contributed by atoms with Gasteiger partial charge in [-0.25, -0.2) is 9.38 Å². The van der Waals surface area contributed by atoms with E-state index in [4.69, 9.17) is 15.2 Å². The Morgan fingerprint density at radius 2 is 1.79 bits per heavy atom. The molecule has 2 aromatic carbocycles. The molecule has 6 nitrogen and oxygen atoms in total. The van der Waals surface area contributed by atoms with Gasteiger partial charge in [0, 0.05) is 31.9 Å². The fourth-order valence-electron chi connectivity index (χ4n) is 3.21. The average molecular weight is 386 g/mol. The number of anilines is 1. The van der Waals surface area contributed by atoms with E-state index in [-0.39, 0.29) is 5.82 Å². The highest BCUT2D eigenvalue weighted by atomic mass is 19.1. The third-order valence-electron chi connectivity index (χ3n) is 4.75. The molecule has 0 radical (unpaired) electrons. The van der Waals surface area contributed by atoms with Crippen molar-refractivity contribution >= 4 is 11.6 Å². The highest BCUT2D eigenvalue weighted by Crippen LogP contribution is 2.28. The lowest BCUT2D eigenvalue weighted by Gasteiger charge is -2.36. The zero-order chi connectivity index (χ0) is 19.9. The highest BCUT2D eigenvalue weighted by Gasteiger charge is 2.18. The van der Waals surface area contributed by atoms with Gasteiger partial charge in [0.1, 0.15) is 5.82 Å². The van der Waals surface area contributed by atoms with Crippen LogP contribution in [0.4, 0.5) is 10.1 Å². The molecule has 0 saturated carbocycles. The van der Waals surface area contributed by atoms with E-state index in [1.54, 1.807) is 7.11 Å². The fourth-order valence-corrected chi connectivity index (χ4v) is 3.21. The molecule has 1 heterocycles. The predicted octanol–water partition coefficient (Wildman–Crippen LogP) is 2.87. The molecule has 0 bridgehead atoms. The van der Waals surface area contributed by atoms with Crippen LogP contribution in [0, 0.1) is 5.82 Å². The van der Waals surface area contributed by atoms with Crippen molar-refractivity contribution in [3.8, 4) is 11.5 Å². The molecule has 150 valence electrons. The van der Waals surface area contributed by atoms with Crippen LogP contribution in [0.2, 0.25) is 0 Å². The molecule has 28 heavy (non-hydrogen) atoms. The van der Waals surface area contributed by atoms with Crippen molar-refractivity contribution < 1.29 is 13.9 Å². The summed E-state index contributed by atoms with van der Waals surface area (Å²) in [6, 6.07) is 12.4. The summed E-state index contributed by atoms with van der Waals surface area (Å²) in [4.78, 5) is 8.84. The van der Waals surface area contributed by atoms with Crippen LogP contribution in [-0.2, 0) is 6.54 Å². The van der Waals surface area contributed by atoms with Gasteiger partial charge in [-0.3, -0.25) is 0 Å². The first-order chi connectivity index (χ1) is 13.6. The fraction of sp³-hybridized carbons (Fsp3) is 0.381. The molecule has 0 spiro atoms. The number of piperazine rings is 1. The number of nitrogens with zero attached hydrogens (tertiary/aromatic N) is 3. The zero-order valence-corrected chi connectivity index (χ0v) is 16.4. The molecule has 1 saturated heterocycles. The quantitative estimate of drug-likeness (QED) is 0.611. The lowest BCUT2D eigenvalue weighted by molar-refractivity contribution is 0.310. The molecular formula is C21H27FN4O2. The van der Waals surface area contributed by atoms with Crippen LogP contribution in [0.1, 0.15) is 12.5 Å². The largest absolute Gasteiger partial charge is 0.493 e. The summed E-state index contributed by atoms with van der Waals surface area (Å²) in [5.74, 6) is 1.74.